The van der Waals surface area contributed by atoms with Crippen LogP contribution in [-0.2, 0) is 56.0 Å². The maximum atomic E-state index is 14.6. The van der Waals surface area contributed by atoms with E-state index in [2.05, 4.69) is 15.3 Å². The van der Waals surface area contributed by atoms with Crippen molar-refractivity contribution in [1.82, 2.24) is 19.9 Å². The van der Waals surface area contributed by atoms with Crippen LogP contribution in [0.5, 0.6) is 0 Å². The number of sulfone groups is 1. The fourth-order valence-electron chi connectivity index (χ4n) is 10.7. The molecule has 3 aliphatic heterocycles. The zero-order chi connectivity index (χ0) is 51.4. The van der Waals surface area contributed by atoms with Crippen molar-refractivity contribution in [2.45, 2.75) is 172 Å². The Morgan fingerprint density at radius 1 is 1.10 bits per heavy atom. The van der Waals surface area contributed by atoms with Gasteiger partial charge in [-0.1, -0.05) is 45.0 Å². The lowest BCUT2D eigenvalue weighted by atomic mass is 9.68. The molecule has 3 aliphatic rings. The summed E-state index contributed by atoms with van der Waals surface area (Å²) >= 11 is 0. The van der Waals surface area contributed by atoms with Crippen molar-refractivity contribution < 1.29 is 66.6 Å². The number of carbonyl (C=O) groups excluding carboxylic acids is 3. The largest absolute Gasteiger partial charge is 0.459 e. The number of ether oxygens (including phenoxy) is 4. The Hall–Kier alpha value is -3.60. The van der Waals surface area contributed by atoms with E-state index in [0.717, 1.165) is 11.8 Å². The van der Waals surface area contributed by atoms with Crippen LogP contribution < -0.4 is 0 Å². The first-order chi connectivity index (χ1) is 32.2. The lowest BCUT2D eigenvalue weighted by Gasteiger charge is -2.48. The number of aliphatic imine (C=N–C) groups is 1. The molecule has 2 bridgehead atoms. The quantitative estimate of drug-likeness (QED) is 0.165. The van der Waals surface area contributed by atoms with Gasteiger partial charge < -0.3 is 44.3 Å². The number of fused-ring (bicyclic) bond motifs is 5. The van der Waals surface area contributed by atoms with Crippen molar-refractivity contribution in [2.24, 2.45) is 34.6 Å². The molecule has 20 heteroatoms. The Balaban J connectivity index is 1.46. The van der Waals surface area contributed by atoms with Crippen LogP contribution in [0.4, 0.5) is 4.39 Å². The molecule has 4 heterocycles. The smallest absolute Gasteiger partial charge is 0.316 e. The number of likely N-dealkylation sites (N-methyl/N-ethyl adjacent to an activating group) is 1. The zero-order valence-corrected chi connectivity index (χ0v) is 42.9. The molecule has 1 aromatic heterocycles. The SMILES string of the molecule is CC[C@H]1OC(=O)[C@H](C)C(=O)[C@H](C)[C@@H](O[C@@H]2O[C@H](C)C[C@H](N(C)CCc3cn([C@H](CF)Cc4ccc(S(C)(=O)=O)cc4)nn3)[C@H]2O)[C@@]2(C)C[C@@H](C)/C(=N\C(C)=O)[C@H](C)[C@@H](CCC(O)(CO)CO2)[C@]1(C)O. The number of ketones is 1. The number of hydrogen-bond donors (Lipinski definition) is 4. The van der Waals surface area contributed by atoms with E-state index in [-0.39, 0.29) is 37.0 Å². The predicted molar refractivity (Wildman–Crippen MR) is 253 cm³/mol. The zero-order valence-electron chi connectivity index (χ0n) is 42.1. The van der Waals surface area contributed by atoms with Gasteiger partial charge in [-0.25, -0.2) is 22.5 Å². The molecule has 1 aromatic carbocycles. The van der Waals surface area contributed by atoms with Crippen molar-refractivity contribution in [3.05, 3.63) is 41.7 Å². The van der Waals surface area contributed by atoms with Crippen LogP contribution in [0.15, 0.2) is 40.4 Å². The molecule has 388 valence electrons. The third-order valence-corrected chi connectivity index (χ3v) is 16.0. The number of aliphatic hydroxyl groups excluding tert-OH is 2. The molecule has 2 aromatic rings. The molecule has 0 radical (unpaired) electrons. The average molecular weight is 994 g/mol. The highest BCUT2D eigenvalue weighted by Gasteiger charge is 2.53. The second-order valence-electron chi connectivity index (χ2n) is 20.6. The monoisotopic (exact) mass is 994 g/mol. The van der Waals surface area contributed by atoms with Gasteiger partial charge in [-0.05, 0) is 103 Å². The molecule has 1 amide bonds. The molecule has 4 N–H and O–H groups in total. The lowest BCUT2D eigenvalue weighted by molar-refractivity contribution is -0.301. The highest BCUT2D eigenvalue weighted by atomic mass is 32.2. The third kappa shape index (κ3) is 13.3. The van der Waals surface area contributed by atoms with Gasteiger partial charge >= 0.3 is 5.97 Å². The lowest BCUT2D eigenvalue weighted by Crippen LogP contribution is -2.60. The number of aromatic nitrogens is 3. The summed E-state index contributed by atoms with van der Waals surface area (Å²) in [7, 11) is -1.55. The molecule has 0 aliphatic carbocycles. The van der Waals surface area contributed by atoms with Crippen molar-refractivity contribution in [2.75, 3.05) is 39.7 Å². The van der Waals surface area contributed by atoms with E-state index in [4.69, 9.17) is 18.9 Å². The van der Waals surface area contributed by atoms with Crippen molar-refractivity contribution in [3.8, 4) is 0 Å². The summed E-state index contributed by atoms with van der Waals surface area (Å²) in [6.45, 7) is 13.3. The van der Waals surface area contributed by atoms with Crippen LogP contribution in [0.3, 0.4) is 0 Å². The van der Waals surface area contributed by atoms with Crippen molar-refractivity contribution in [3.63, 3.8) is 0 Å². The van der Waals surface area contributed by atoms with E-state index in [1.165, 1.54) is 30.7 Å². The van der Waals surface area contributed by atoms with Gasteiger partial charge in [0.25, 0.3) is 0 Å². The molecular formula is C49H76FN5O13S. The normalized spacial score (nSPS) is 36.6. The Morgan fingerprint density at radius 2 is 1.77 bits per heavy atom. The number of cyclic esters (lactones) is 1. The Labute approximate surface area is 406 Å². The van der Waals surface area contributed by atoms with E-state index in [0.29, 0.717) is 30.8 Å². The number of benzene rings is 1. The minimum absolute atomic E-state index is 0.0409. The minimum atomic E-state index is -3.38. The molecule has 69 heavy (non-hydrogen) atoms. The van der Waals surface area contributed by atoms with Gasteiger partial charge in [0, 0.05) is 55.9 Å². The maximum Gasteiger partial charge on any atom is 0.316 e. The first kappa shape index (κ1) is 56.3. The number of rotatable bonds is 13. The molecule has 1 unspecified atom stereocenters. The minimum Gasteiger partial charge on any atom is -0.459 e. The second-order valence-corrected chi connectivity index (χ2v) is 22.6. The molecule has 3 saturated heterocycles. The number of Topliss-reactive ketones (excluding diaryl/α,β-unsaturated/α-hetero) is 1. The second kappa shape index (κ2) is 22.9. The summed E-state index contributed by atoms with van der Waals surface area (Å²) in [5.74, 6) is -6.35. The summed E-state index contributed by atoms with van der Waals surface area (Å²) in [6.07, 6.45) is -1.46. The highest BCUT2D eigenvalue weighted by Crippen LogP contribution is 2.43. The Morgan fingerprint density at radius 3 is 2.36 bits per heavy atom. The van der Waals surface area contributed by atoms with Gasteiger partial charge in [-0.2, -0.15) is 0 Å². The number of esters is 1. The van der Waals surface area contributed by atoms with Gasteiger partial charge in [0.2, 0.25) is 5.91 Å². The summed E-state index contributed by atoms with van der Waals surface area (Å²) in [6, 6.07) is 5.05. The number of carbonyl (C=O) groups is 3. The number of amides is 1. The van der Waals surface area contributed by atoms with Gasteiger partial charge in [-0.3, -0.25) is 14.4 Å². The van der Waals surface area contributed by atoms with E-state index >= 15 is 0 Å². The fourth-order valence-corrected chi connectivity index (χ4v) is 11.3. The van der Waals surface area contributed by atoms with Gasteiger partial charge in [0.1, 0.15) is 36.0 Å². The first-order valence-corrected chi connectivity index (χ1v) is 26.0. The first-order valence-electron chi connectivity index (χ1n) is 24.2. The fraction of sp³-hybridized carbons (Fsp3) is 0.755. The highest BCUT2D eigenvalue weighted by molar-refractivity contribution is 7.90. The summed E-state index contributed by atoms with van der Waals surface area (Å²) in [4.78, 5) is 48.0. The molecule has 3 fully saturated rings. The third-order valence-electron chi connectivity index (χ3n) is 14.9. The molecule has 18 nitrogen and oxygen atoms in total. The molecular weight excluding hydrogens is 918 g/mol. The summed E-state index contributed by atoms with van der Waals surface area (Å²) in [5.41, 5.74) is -3.41. The van der Waals surface area contributed by atoms with Gasteiger partial charge in [0.05, 0.1) is 47.7 Å². The number of alkyl halides is 1. The number of hydrogen-bond acceptors (Lipinski definition) is 16. The molecule has 5 rings (SSSR count). The number of aliphatic hydroxyl groups is 4. The molecule has 15 atom stereocenters. The van der Waals surface area contributed by atoms with Crippen molar-refractivity contribution in [1.29, 1.82) is 0 Å². The predicted octanol–water partition coefficient (Wildman–Crippen LogP) is 3.65. The van der Waals surface area contributed by atoms with Crippen LogP contribution in [0.25, 0.3) is 0 Å². The molecule has 0 saturated carbocycles. The summed E-state index contributed by atoms with van der Waals surface area (Å²) < 4.78 is 65.5. The van der Waals surface area contributed by atoms with Gasteiger partial charge in [-0.15, -0.1) is 5.10 Å². The van der Waals surface area contributed by atoms with E-state index in [1.807, 2.05) is 32.7 Å². The van der Waals surface area contributed by atoms with Crippen molar-refractivity contribution >= 4 is 33.2 Å². The van der Waals surface area contributed by atoms with Gasteiger partial charge in [0.15, 0.2) is 21.9 Å². The van der Waals surface area contributed by atoms with E-state index in [9.17, 15) is 47.6 Å². The van der Waals surface area contributed by atoms with E-state index in [1.54, 1.807) is 46.0 Å². The van der Waals surface area contributed by atoms with Crippen LogP contribution >= 0.6 is 0 Å². The molecule has 0 spiro atoms. The topological polar surface area (TPSA) is 249 Å². The van der Waals surface area contributed by atoms with Crippen LogP contribution in [0, 0.1) is 29.6 Å². The Kier molecular flexibility index (Phi) is 18.7. The number of nitrogens with zero attached hydrogens (tertiary/aromatic N) is 5. The van der Waals surface area contributed by atoms with Crippen LogP contribution in [0.2, 0.25) is 0 Å². The maximum absolute atomic E-state index is 14.6. The number of halogens is 1. The van der Waals surface area contributed by atoms with Crippen LogP contribution in [-0.4, -0.2) is 165 Å². The average Bonchev–Trinajstić information content (AvgIpc) is 3.77. The van der Waals surface area contributed by atoms with E-state index < -0.39 is 137 Å². The van der Waals surface area contributed by atoms with Crippen LogP contribution in [0.1, 0.15) is 112 Å². The Bertz CT molecular complexity index is 2230. The standard InChI is InChI=1S/C49H76FN5O13S/c1-12-40-48(9,61)38-17-19-49(62,26-56)27-65-47(8,23-28(2)41(30(38)4)51-33(7)57)44(31(5)42(58)32(6)45(60)67-40)68-46-43(59)39(21-29(3)66-46)54(10)20-18-35-25-55(53-52-35)36(24-50)22-34-13-15-37(16-14-34)69(11,63)64/h13-16,25,28-32,36,38-40,43-44,46,56,59,61-62H,12,17-24,26-27H2,1-11H3/b51-41+/t28-,29-,30-,31+,32-,36+,38-,39+,40-,43-,44-,46+,47-,48+,49?/m1/s1. The summed E-state index contributed by atoms with van der Waals surface area (Å²) in [5, 5.41) is 55.7.